The van der Waals surface area contributed by atoms with E-state index in [0.717, 1.165) is 16.7 Å². The Balaban J connectivity index is 1.50. The standard InChI is InChI=1S/C25H26N2O3/c1-17(21-13-7-11-18-8-5-6-12-22(18)21)26-15-24(28)27-16-20-10-4-3-9-19(20)14-23(27)25(29)30-2/h3-13,17,23,26H,14-16H2,1-2H3. The Morgan fingerprint density at radius 2 is 1.73 bits per heavy atom. The fraction of sp³-hybridized carbons (Fsp3) is 0.280. The highest BCUT2D eigenvalue weighted by atomic mass is 16.5. The number of amides is 1. The van der Waals surface area contributed by atoms with Crippen molar-refractivity contribution in [3.8, 4) is 0 Å². The van der Waals surface area contributed by atoms with Gasteiger partial charge < -0.3 is 15.0 Å². The van der Waals surface area contributed by atoms with Crippen LogP contribution in [0.5, 0.6) is 0 Å². The molecule has 1 amide bonds. The molecule has 1 aliphatic heterocycles. The summed E-state index contributed by atoms with van der Waals surface area (Å²) in [5, 5.41) is 5.69. The van der Waals surface area contributed by atoms with Gasteiger partial charge in [0.05, 0.1) is 13.7 Å². The van der Waals surface area contributed by atoms with Gasteiger partial charge in [-0.2, -0.15) is 0 Å². The SMILES string of the molecule is COC(=O)C1Cc2ccccc2CN1C(=O)CNC(C)c1cccc2ccccc12. The molecule has 1 heterocycles. The van der Waals surface area contributed by atoms with Crippen LogP contribution in [0.15, 0.2) is 66.7 Å². The van der Waals surface area contributed by atoms with E-state index in [-0.39, 0.29) is 24.5 Å². The van der Waals surface area contributed by atoms with E-state index in [9.17, 15) is 9.59 Å². The summed E-state index contributed by atoms with van der Waals surface area (Å²) in [5.74, 6) is -0.480. The average Bonchev–Trinajstić information content (AvgIpc) is 2.80. The summed E-state index contributed by atoms with van der Waals surface area (Å²) in [5.41, 5.74) is 3.32. The second kappa shape index (κ2) is 8.67. The lowest BCUT2D eigenvalue weighted by Gasteiger charge is -2.35. The molecule has 0 saturated heterocycles. The minimum Gasteiger partial charge on any atom is -0.467 e. The first-order chi connectivity index (χ1) is 14.6. The van der Waals surface area contributed by atoms with Crippen LogP contribution in [0.25, 0.3) is 10.8 Å². The van der Waals surface area contributed by atoms with Crippen LogP contribution >= 0.6 is 0 Å². The van der Waals surface area contributed by atoms with Gasteiger partial charge in [0.1, 0.15) is 6.04 Å². The minimum absolute atomic E-state index is 0.00583. The van der Waals surface area contributed by atoms with Crippen molar-refractivity contribution in [2.75, 3.05) is 13.7 Å². The highest BCUT2D eigenvalue weighted by Gasteiger charge is 2.35. The zero-order valence-electron chi connectivity index (χ0n) is 17.3. The molecule has 0 saturated carbocycles. The highest BCUT2D eigenvalue weighted by Crippen LogP contribution is 2.26. The first-order valence-electron chi connectivity index (χ1n) is 10.2. The number of hydrogen-bond acceptors (Lipinski definition) is 4. The molecule has 0 fully saturated rings. The molecule has 3 aromatic carbocycles. The number of rotatable bonds is 5. The van der Waals surface area contributed by atoms with Crippen LogP contribution in [0.1, 0.15) is 29.7 Å². The van der Waals surface area contributed by atoms with E-state index in [1.165, 1.54) is 17.9 Å². The second-order valence-corrected chi connectivity index (χ2v) is 7.70. The maximum atomic E-state index is 13.1. The molecule has 154 valence electrons. The summed E-state index contributed by atoms with van der Waals surface area (Å²) in [4.78, 5) is 27.1. The molecular weight excluding hydrogens is 376 g/mol. The monoisotopic (exact) mass is 402 g/mol. The van der Waals surface area contributed by atoms with E-state index in [2.05, 4.69) is 36.5 Å². The Labute approximate surface area is 176 Å². The van der Waals surface area contributed by atoms with Gasteiger partial charge >= 0.3 is 5.97 Å². The summed E-state index contributed by atoms with van der Waals surface area (Å²) < 4.78 is 4.98. The predicted octanol–water partition coefficient (Wildman–Crippen LogP) is 3.62. The van der Waals surface area contributed by atoms with E-state index in [4.69, 9.17) is 4.74 Å². The number of carbonyl (C=O) groups excluding carboxylic acids is 2. The summed E-state index contributed by atoms with van der Waals surface area (Å²) in [6.45, 7) is 2.62. The number of nitrogens with one attached hydrogen (secondary N) is 1. The van der Waals surface area contributed by atoms with Crippen molar-refractivity contribution in [3.05, 3.63) is 83.4 Å². The lowest BCUT2D eigenvalue weighted by molar-refractivity contribution is -0.153. The molecule has 4 rings (SSSR count). The lowest BCUT2D eigenvalue weighted by atomic mass is 9.94. The van der Waals surface area contributed by atoms with Gasteiger partial charge in [0.15, 0.2) is 0 Å². The van der Waals surface area contributed by atoms with Crippen molar-refractivity contribution in [1.29, 1.82) is 0 Å². The first kappa shape index (κ1) is 20.1. The molecule has 2 atom stereocenters. The Morgan fingerprint density at radius 3 is 2.53 bits per heavy atom. The van der Waals surface area contributed by atoms with Crippen molar-refractivity contribution in [1.82, 2.24) is 10.2 Å². The number of fused-ring (bicyclic) bond motifs is 2. The molecule has 30 heavy (non-hydrogen) atoms. The topological polar surface area (TPSA) is 58.6 Å². The van der Waals surface area contributed by atoms with E-state index in [0.29, 0.717) is 13.0 Å². The maximum absolute atomic E-state index is 13.1. The first-order valence-corrected chi connectivity index (χ1v) is 10.2. The van der Waals surface area contributed by atoms with Crippen LogP contribution in [-0.2, 0) is 27.3 Å². The van der Waals surface area contributed by atoms with Gasteiger partial charge in [0.25, 0.3) is 0 Å². The summed E-state index contributed by atoms with van der Waals surface area (Å²) in [6, 6.07) is 21.8. The Hall–Kier alpha value is -3.18. The lowest BCUT2D eigenvalue weighted by Crippen LogP contribution is -2.51. The quantitative estimate of drug-likeness (QED) is 0.663. The Morgan fingerprint density at radius 1 is 1.03 bits per heavy atom. The van der Waals surface area contributed by atoms with E-state index in [1.807, 2.05) is 42.5 Å². The Kier molecular flexibility index (Phi) is 5.81. The number of benzene rings is 3. The van der Waals surface area contributed by atoms with Gasteiger partial charge in [-0.05, 0) is 34.4 Å². The minimum atomic E-state index is -0.591. The van der Waals surface area contributed by atoms with Gasteiger partial charge in [-0.25, -0.2) is 4.79 Å². The van der Waals surface area contributed by atoms with E-state index in [1.54, 1.807) is 4.90 Å². The van der Waals surface area contributed by atoms with Crippen molar-refractivity contribution in [2.24, 2.45) is 0 Å². The highest BCUT2D eigenvalue weighted by molar-refractivity contribution is 5.87. The zero-order chi connectivity index (χ0) is 21.1. The smallest absolute Gasteiger partial charge is 0.328 e. The zero-order valence-corrected chi connectivity index (χ0v) is 17.3. The van der Waals surface area contributed by atoms with E-state index >= 15 is 0 Å². The maximum Gasteiger partial charge on any atom is 0.328 e. The van der Waals surface area contributed by atoms with Gasteiger partial charge in [-0.15, -0.1) is 0 Å². The van der Waals surface area contributed by atoms with Crippen molar-refractivity contribution in [3.63, 3.8) is 0 Å². The average molecular weight is 402 g/mol. The summed E-state index contributed by atoms with van der Waals surface area (Å²) in [7, 11) is 1.37. The number of ether oxygens (including phenoxy) is 1. The van der Waals surface area contributed by atoms with Crippen molar-refractivity contribution in [2.45, 2.75) is 32.0 Å². The largest absolute Gasteiger partial charge is 0.467 e. The third-order valence-electron chi connectivity index (χ3n) is 5.89. The van der Waals surface area contributed by atoms with Crippen LogP contribution in [0.4, 0.5) is 0 Å². The van der Waals surface area contributed by atoms with Crippen molar-refractivity contribution < 1.29 is 14.3 Å². The molecular formula is C25H26N2O3. The second-order valence-electron chi connectivity index (χ2n) is 7.70. The number of hydrogen-bond donors (Lipinski definition) is 1. The van der Waals surface area contributed by atoms with Crippen LogP contribution in [0, 0.1) is 0 Å². The molecule has 2 unspecified atom stereocenters. The fourth-order valence-electron chi connectivity index (χ4n) is 4.21. The number of nitrogens with zero attached hydrogens (tertiary/aromatic N) is 1. The normalized spacial score (nSPS) is 16.7. The van der Waals surface area contributed by atoms with Gasteiger partial charge in [0.2, 0.25) is 5.91 Å². The molecule has 0 aromatic heterocycles. The third kappa shape index (κ3) is 3.94. The third-order valence-corrected chi connectivity index (χ3v) is 5.89. The molecule has 5 nitrogen and oxygen atoms in total. The molecule has 1 aliphatic rings. The van der Waals surface area contributed by atoms with Crippen LogP contribution < -0.4 is 5.32 Å². The Bertz CT molecular complexity index is 1070. The van der Waals surface area contributed by atoms with Crippen LogP contribution in [-0.4, -0.2) is 36.5 Å². The molecule has 3 aromatic rings. The summed E-state index contributed by atoms with van der Waals surface area (Å²) >= 11 is 0. The van der Waals surface area contributed by atoms with Gasteiger partial charge in [-0.1, -0.05) is 66.7 Å². The van der Waals surface area contributed by atoms with Crippen LogP contribution in [0.2, 0.25) is 0 Å². The number of methoxy groups -OCH3 is 1. The molecule has 0 spiro atoms. The predicted molar refractivity (Wildman–Crippen MR) is 117 cm³/mol. The molecule has 0 bridgehead atoms. The van der Waals surface area contributed by atoms with Crippen LogP contribution in [0.3, 0.4) is 0 Å². The molecule has 0 radical (unpaired) electrons. The summed E-state index contributed by atoms with van der Waals surface area (Å²) in [6.07, 6.45) is 0.480. The molecule has 1 N–H and O–H groups in total. The number of esters is 1. The van der Waals surface area contributed by atoms with Gasteiger partial charge in [0, 0.05) is 19.0 Å². The molecule has 5 heteroatoms. The number of carbonyl (C=O) groups is 2. The fourth-order valence-corrected chi connectivity index (χ4v) is 4.21. The van der Waals surface area contributed by atoms with Gasteiger partial charge in [-0.3, -0.25) is 4.79 Å². The van der Waals surface area contributed by atoms with E-state index < -0.39 is 6.04 Å². The molecule has 0 aliphatic carbocycles. The van der Waals surface area contributed by atoms with Crippen molar-refractivity contribution >= 4 is 22.6 Å².